The smallest absolute Gasteiger partial charge is 0.265 e. The summed E-state index contributed by atoms with van der Waals surface area (Å²) in [7, 11) is 0. The molecule has 6 heteroatoms. The number of hydrogen-bond donors (Lipinski definition) is 1. The van der Waals surface area contributed by atoms with E-state index < -0.39 is 0 Å². The topological polar surface area (TPSA) is 45.8 Å². The molecular weight excluding hydrogens is 348 g/mol. The Morgan fingerprint density at radius 3 is 2.84 bits per heavy atom. The van der Waals surface area contributed by atoms with Crippen LogP contribution in [0.1, 0.15) is 18.4 Å². The van der Waals surface area contributed by atoms with Gasteiger partial charge in [-0.05, 0) is 34.5 Å². The number of aromatic amines is 1. The van der Waals surface area contributed by atoms with Crippen molar-refractivity contribution in [3.63, 3.8) is 0 Å². The zero-order chi connectivity index (χ0) is 13.8. The van der Waals surface area contributed by atoms with E-state index in [1.807, 2.05) is 31.2 Å². The fourth-order valence-electron chi connectivity index (χ4n) is 1.57. The molecule has 1 aromatic carbocycles. The van der Waals surface area contributed by atoms with Gasteiger partial charge in [-0.25, -0.2) is 4.98 Å². The monoisotopic (exact) mass is 358 g/mol. The van der Waals surface area contributed by atoms with Crippen LogP contribution in [0, 0.1) is 0 Å². The van der Waals surface area contributed by atoms with E-state index in [1.165, 1.54) is 0 Å². The summed E-state index contributed by atoms with van der Waals surface area (Å²) in [6, 6.07) is 7.62. The van der Waals surface area contributed by atoms with Gasteiger partial charge in [-0.3, -0.25) is 4.79 Å². The summed E-state index contributed by atoms with van der Waals surface area (Å²) >= 11 is 10.9. The minimum atomic E-state index is -0.137. The Hall–Kier alpha value is -0.780. The van der Waals surface area contributed by atoms with Gasteiger partial charge < -0.3 is 4.98 Å². The Morgan fingerprint density at radius 2 is 2.16 bits per heavy atom. The van der Waals surface area contributed by atoms with Crippen molar-refractivity contribution in [3.05, 3.63) is 55.6 Å². The molecular formula is C13H12BrClN2OS. The van der Waals surface area contributed by atoms with Gasteiger partial charge >= 0.3 is 0 Å². The van der Waals surface area contributed by atoms with Crippen molar-refractivity contribution in [2.75, 3.05) is 0 Å². The van der Waals surface area contributed by atoms with Crippen LogP contribution in [-0.2, 0) is 12.2 Å². The first-order valence-electron chi connectivity index (χ1n) is 5.76. The normalized spacial score (nSPS) is 10.7. The van der Waals surface area contributed by atoms with E-state index >= 15 is 0 Å². The highest BCUT2D eigenvalue weighted by molar-refractivity contribution is 9.10. The van der Waals surface area contributed by atoms with Gasteiger partial charge in [-0.15, -0.1) is 11.8 Å². The number of nitrogens with one attached hydrogen (secondary N) is 1. The highest BCUT2D eigenvalue weighted by Crippen LogP contribution is 2.28. The standard InChI is InChI=1S/C13H12BrClN2OS/c1-2-9-12(14)13(18)17-11(16-9)7-19-10-6-4-3-5-8(10)15/h3-6H,2,7H2,1H3,(H,16,17,18). The Balaban J connectivity index is 2.19. The third kappa shape index (κ3) is 3.61. The van der Waals surface area contributed by atoms with Gasteiger partial charge in [-0.1, -0.05) is 30.7 Å². The van der Waals surface area contributed by atoms with E-state index in [-0.39, 0.29) is 5.56 Å². The molecule has 0 saturated carbocycles. The molecule has 0 unspecified atom stereocenters. The van der Waals surface area contributed by atoms with Gasteiger partial charge in [0.25, 0.3) is 5.56 Å². The summed E-state index contributed by atoms with van der Waals surface area (Å²) in [5.41, 5.74) is 0.639. The second-order valence-corrected chi connectivity index (χ2v) is 6.06. The first-order chi connectivity index (χ1) is 9.11. The van der Waals surface area contributed by atoms with E-state index in [9.17, 15) is 4.79 Å². The lowest BCUT2D eigenvalue weighted by molar-refractivity contribution is 0.906. The van der Waals surface area contributed by atoms with Crippen molar-refractivity contribution in [1.82, 2.24) is 9.97 Å². The third-order valence-electron chi connectivity index (χ3n) is 2.52. The summed E-state index contributed by atoms with van der Waals surface area (Å²) in [4.78, 5) is 19.9. The fraction of sp³-hybridized carbons (Fsp3) is 0.231. The lowest BCUT2D eigenvalue weighted by Gasteiger charge is -2.06. The molecule has 0 amide bonds. The number of hydrogen-bond acceptors (Lipinski definition) is 3. The molecule has 0 atom stereocenters. The van der Waals surface area contributed by atoms with Gasteiger partial charge in [0.15, 0.2) is 0 Å². The Bertz CT molecular complexity index is 645. The minimum absolute atomic E-state index is 0.137. The maximum Gasteiger partial charge on any atom is 0.265 e. The predicted molar refractivity (Wildman–Crippen MR) is 82.9 cm³/mol. The second kappa shape index (κ2) is 6.59. The van der Waals surface area contributed by atoms with Crippen molar-refractivity contribution in [2.45, 2.75) is 24.0 Å². The molecule has 0 aliphatic carbocycles. The third-order valence-corrected chi connectivity index (χ3v) is 4.86. The molecule has 0 radical (unpaired) electrons. The van der Waals surface area contributed by atoms with Crippen molar-refractivity contribution in [3.8, 4) is 0 Å². The van der Waals surface area contributed by atoms with Crippen LogP contribution in [0.2, 0.25) is 5.02 Å². The summed E-state index contributed by atoms with van der Waals surface area (Å²) in [6.07, 6.45) is 0.717. The van der Waals surface area contributed by atoms with Crippen LogP contribution in [0.15, 0.2) is 38.4 Å². The highest BCUT2D eigenvalue weighted by Gasteiger charge is 2.08. The molecule has 1 heterocycles. The summed E-state index contributed by atoms with van der Waals surface area (Å²) in [5, 5.41) is 0.711. The van der Waals surface area contributed by atoms with Crippen LogP contribution in [0.5, 0.6) is 0 Å². The molecule has 1 N–H and O–H groups in total. The first-order valence-corrected chi connectivity index (χ1v) is 7.92. The number of nitrogens with zero attached hydrogens (tertiary/aromatic N) is 1. The second-order valence-electron chi connectivity index (χ2n) is 3.85. The lowest BCUT2D eigenvalue weighted by Crippen LogP contribution is -2.14. The van der Waals surface area contributed by atoms with Crippen molar-refractivity contribution in [2.24, 2.45) is 0 Å². The number of H-pyrrole nitrogens is 1. The maximum absolute atomic E-state index is 11.7. The number of aromatic nitrogens is 2. The van der Waals surface area contributed by atoms with Crippen LogP contribution in [-0.4, -0.2) is 9.97 Å². The fourth-order valence-corrected chi connectivity index (χ4v) is 3.14. The lowest BCUT2D eigenvalue weighted by atomic mass is 10.3. The molecule has 19 heavy (non-hydrogen) atoms. The number of thioether (sulfide) groups is 1. The van der Waals surface area contributed by atoms with Crippen molar-refractivity contribution in [1.29, 1.82) is 0 Å². The quantitative estimate of drug-likeness (QED) is 0.838. The van der Waals surface area contributed by atoms with Gasteiger partial charge in [0, 0.05) is 4.90 Å². The molecule has 100 valence electrons. The van der Waals surface area contributed by atoms with E-state index in [0.29, 0.717) is 27.5 Å². The predicted octanol–water partition coefficient (Wildman–Crippen LogP) is 4.04. The molecule has 0 aliphatic heterocycles. The number of rotatable bonds is 4. The van der Waals surface area contributed by atoms with Crippen LogP contribution in [0.25, 0.3) is 0 Å². The Kier molecular flexibility index (Phi) is 5.07. The summed E-state index contributed by atoms with van der Waals surface area (Å²) in [5.74, 6) is 1.24. The zero-order valence-corrected chi connectivity index (χ0v) is 13.4. The summed E-state index contributed by atoms with van der Waals surface area (Å²) < 4.78 is 0.515. The molecule has 3 nitrogen and oxygen atoms in total. The van der Waals surface area contributed by atoms with Gasteiger partial charge in [0.05, 0.1) is 16.5 Å². The average molecular weight is 360 g/mol. The number of benzene rings is 1. The van der Waals surface area contributed by atoms with E-state index in [4.69, 9.17) is 11.6 Å². The molecule has 0 aliphatic rings. The molecule has 2 aromatic rings. The molecule has 0 spiro atoms. The highest BCUT2D eigenvalue weighted by atomic mass is 79.9. The largest absolute Gasteiger partial charge is 0.309 e. The molecule has 1 aromatic heterocycles. The van der Waals surface area contributed by atoms with Gasteiger partial charge in [0.1, 0.15) is 10.3 Å². The van der Waals surface area contributed by atoms with E-state index in [2.05, 4.69) is 25.9 Å². The molecule has 2 rings (SSSR count). The van der Waals surface area contributed by atoms with Gasteiger partial charge in [0.2, 0.25) is 0 Å². The molecule has 0 bridgehead atoms. The van der Waals surface area contributed by atoms with Crippen LogP contribution >= 0.6 is 39.3 Å². The van der Waals surface area contributed by atoms with Crippen molar-refractivity contribution < 1.29 is 0 Å². The van der Waals surface area contributed by atoms with Gasteiger partial charge in [-0.2, -0.15) is 0 Å². The van der Waals surface area contributed by atoms with Crippen molar-refractivity contribution >= 4 is 39.3 Å². The van der Waals surface area contributed by atoms with Crippen LogP contribution < -0.4 is 5.56 Å². The first kappa shape index (κ1) is 14.6. The number of aryl methyl sites for hydroxylation is 1. The Morgan fingerprint density at radius 1 is 1.42 bits per heavy atom. The maximum atomic E-state index is 11.7. The SMILES string of the molecule is CCc1nc(CSc2ccccc2Cl)[nH]c(=O)c1Br. The summed E-state index contributed by atoms with van der Waals surface area (Å²) in [6.45, 7) is 1.97. The average Bonchev–Trinajstić information content (AvgIpc) is 2.41. The molecule has 0 fully saturated rings. The minimum Gasteiger partial charge on any atom is -0.309 e. The zero-order valence-electron chi connectivity index (χ0n) is 10.2. The van der Waals surface area contributed by atoms with E-state index in [1.54, 1.807) is 11.8 Å². The van der Waals surface area contributed by atoms with Crippen LogP contribution in [0.4, 0.5) is 0 Å². The van der Waals surface area contributed by atoms with E-state index in [0.717, 1.165) is 10.6 Å². The van der Waals surface area contributed by atoms with Crippen LogP contribution in [0.3, 0.4) is 0 Å². The number of halogens is 2. The molecule has 0 saturated heterocycles. The Labute approximate surface area is 128 Å².